The number of carbonyl (C=O) groups excluding carboxylic acids is 1. The van der Waals surface area contributed by atoms with Crippen molar-refractivity contribution in [2.75, 3.05) is 26.3 Å². The van der Waals surface area contributed by atoms with Crippen molar-refractivity contribution in [3.63, 3.8) is 0 Å². The number of rotatable bonds is 8. The fourth-order valence-electron chi connectivity index (χ4n) is 4.05. The maximum absolute atomic E-state index is 12.4. The van der Waals surface area contributed by atoms with Crippen molar-refractivity contribution >= 4 is 41.1 Å². The number of likely N-dealkylation sites (tertiary alicyclic amines) is 1. The summed E-state index contributed by atoms with van der Waals surface area (Å²) in [7, 11) is -1.12. The lowest BCUT2D eigenvalue weighted by molar-refractivity contribution is 0.00600. The van der Waals surface area contributed by atoms with Gasteiger partial charge in [-0.1, -0.05) is 26.6 Å². The van der Waals surface area contributed by atoms with Crippen LogP contribution in [0.25, 0.3) is 11.0 Å². The number of piperidine rings is 1. The highest BCUT2D eigenvalue weighted by atomic mass is 79.9. The molecule has 0 atom stereocenters. The molecule has 196 valence electrons. The minimum atomic E-state index is -1.12. The molecule has 1 aliphatic rings. The van der Waals surface area contributed by atoms with Gasteiger partial charge in [0, 0.05) is 55.6 Å². The first kappa shape index (κ1) is 28.0. The van der Waals surface area contributed by atoms with E-state index in [4.69, 9.17) is 14.2 Å². The van der Waals surface area contributed by atoms with Crippen molar-refractivity contribution in [3.8, 4) is 5.75 Å². The topological polar surface area (TPSA) is 65.8 Å². The highest BCUT2D eigenvalue weighted by Gasteiger charge is 2.34. The lowest BCUT2D eigenvalue weighted by Crippen LogP contribution is -2.46. The molecule has 1 aliphatic heterocycles. The summed E-state index contributed by atoms with van der Waals surface area (Å²) in [5.74, 6) is 0.860. The molecule has 1 amide bonds. The van der Waals surface area contributed by atoms with E-state index in [2.05, 4.69) is 47.5 Å². The first-order chi connectivity index (χ1) is 16.2. The molecule has 0 aromatic carbocycles. The van der Waals surface area contributed by atoms with E-state index in [1.54, 1.807) is 0 Å². The number of hydrogen-bond donors (Lipinski definition) is 0. The van der Waals surface area contributed by atoms with E-state index >= 15 is 0 Å². The van der Waals surface area contributed by atoms with Crippen LogP contribution in [0.1, 0.15) is 46.1 Å². The number of carbonyl (C=O) groups is 1. The Morgan fingerprint density at radius 2 is 1.89 bits per heavy atom. The minimum Gasteiger partial charge on any atom is -0.492 e. The van der Waals surface area contributed by atoms with Crippen LogP contribution < -0.4 is 4.74 Å². The molecule has 1 saturated heterocycles. The van der Waals surface area contributed by atoms with Gasteiger partial charge in [-0.25, -0.2) is 9.78 Å². The number of ether oxygens (including phenoxy) is 3. The van der Waals surface area contributed by atoms with Crippen molar-refractivity contribution in [2.45, 2.75) is 85.5 Å². The Bertz CT molecular complexity index is 1030. The number of nitrogens with zero attached hydrogens (tertiary/aromatic N) is 3. The Morgan fingerprint density at radius 3 is 2.49 bits per heavy atom. The molecule has 0 unspecified atom stereocenters. The molecule has 3 heterocycles. The summed E-state index contributed by atoms with van der Waals surface area (Å²) in [5.41, 5.74) is 1.37. The SMILES string of the molecule is Cc1cnc2c(c(Br)cn2COCC[Si](C)(C)C)c1OCC1(C)CCN(C(=O)OC(C)(C)C)CC1. The summed E-state index contributed by atoms with van der Waals surface area (Å²) < 4.78 is 21.0. The van der Waals surface area contributed by atoms with Crippen LogP contribution in [0.15, 0.2) is 16.9 Å². The highest BCUT2D eigenvalue weighted by Crippen LogP contribution is 2.38. The van der Waals surface area contributed by atoms with Gasteiger partial charge in [0.15, 0.2) is 0 Å². The van der Waals surface area contributed by atoms with E-state index in [-0.39, 0.29) is 11.5 Å². The third-order valence-corrected chi connectivity index (χ3v) is 8.69. The maximum atomic E-state index is 12.4. The summed E-state index contributed by atoms with van der Waals surface area (Å²) >= 11 is 3.72. The molecule has 1 fully saturated rings. The van der Waals surface area contributed by atoms with Gasteiger partial charge in [0.1, 0.15) is 23.7 Å². The van der Waals surface area contributed by atoms with E-state index in [0.717, 1.165) is 52.3 Å². The molecule has 7 nitrogen and oxygen atoms in total. The standard InChI is InChI=1S/C26H42BrN3O4Si/c1-19-15-28-23-21(20(27)16-30(23)18-32-13-14-35(6,7)8)22(19)33-17-26(5)9-11-29(12-10-26)24(31)34-25(2,3)4/h15-16H,9-14,17-18H2,1-8H3. The van der Waals surface area contributed by atoms with Crippen LogP contribution in [0.5, 0.6) is 5.75 Å². The molecular weight excluding hydrogens is 526 g/mol. The summed E-state index contributed by atoms with van der Waals surface area (Å²) in [6.07, 6.45) is 5.40. The zero-order chi connectivity index (χ0) is 26.0. The minimum absolute atomic E-state index is 0.0183. The Kier molecular flexibility index (Phi) is 8.64. The van der Waals surface area contributed by atoms with Gasteiger partial charge in [-0.15, -0.1) is 0 Å². The Labute approximate surface area is 219 Å². The molecule has 0 saturated carbocycles. The van der Waals surface area contributed by atoms with Crippen LogP contribution >= 0.6 is 15.9 Å². The number of aryl methyl sites for hydroxylation is 1. The number of fused-ring (bicyclic) bond motifs is 1. The summed E-state index contributed by atoms with van der Waals surface area (Å²) in [6, 6.07) is 1.14. The van der Waals surface area contributed by atoms with Crippen LogP contribution in [-0.2, 0) is 16.2 Å². The Balaban J connectivity index is 1.65. The van der Waals surface area contributed by atoms with Gasteiger partial charge in [-0.2, -0.15) is 0 Å². The zero-order valence-electron chi connectivity index (χ0n) is 22.7. The summed E-state index contributed by atoms with van der Waals surface area (Å²) in [6.45, 7) is 20.2. The smallest absolute Gasteiger partial charge is 0.410 e. The first-order valence-electron chi connectivity index (χ1n) is 12.5. The monoisotopic (exact) mass is 567 g/mol. The third kappa shape index (κ3) is 7.70. The number of hydrogen-bond acceptors (Lipinski definition) is 5. The highest BCUT2D eigenvalue weighted by molar-refractivity contribution is 9.10. The van der Waals surface area contributed by atoms with Gasteiger partial charge in [-0.05, 0) is 62.5 Å². The van der Waals surface area contributed by atoms with E-state index in [1.165, 1.54) is 0 Å². The Morgan fingerprint density at radius 1 is 1.23 bits per heavy atom. The van der Waals surface area contributed by atoms with Crippen LogP contribution in [0.3, 0.4) is 0 Å². The van der Waals surface area contributed by atoms with Gasteiger partial charge in [0.2, 0.25) is 0 Å². The molecule has 0 bridgehead atoms. The maximum Gasteiger partial charge on any atom is 0.410 e. The molecule has 0 spiro atoms. The largest absolute Gasteiger partial charge is 0.492 e. The molecule has 0 aliphatic carbocycles. The van der Waals surface area contributed by atoms with Crippen molar-refractivity contribution in [1.29, 1.82) is 0 Å². The number of aromatic nitrogens is 2. The first-order valence-corrected chi connectivity index (χ1v) is 17.0. The lowest BCUT2D eigenvalue weighted by atomic mass is 9.81. The van der Waals surface area contributed by atoms with E-state index in [9.17, 15) is 4.79 Å². The van der Waals surface area contributed by atoms with Crippen LogP contribution in [0, 0.1) is 12.3 Å². The van der Waals surface area contributed by atoms with Crippen molar-refractivity contribution in [1.82, 2.24) is 14.5 Å². The van der Waals surface area contributed by atoms with Gasteiger partial charge >= 0.3 is 6.09 Å². The number of amides is 1. The number of halogens is 1. The normalized spacial score (nSPS) is 16.5. The van der Waals surface area contributed by atoms with Gasteiger partial charge in [0.25, 0.3) is 0 Å². The summed E-state index contributed by atoms with van der Waals surface area (Å²) in [4.78, 5) is 18.9. The summed E-state index contributed by atoms with van der Waals surface area (Å²) in [5, 5.41) is 0.980. The molecule has 35 heavy (non-hydrogen) atoms. The fourth-order valence-corrected chi connectivity index (χ4v) is 5.41. The van der Waals surface area contributed by atoms with E-state index in [0.29, 0.717) is 26.4 Å². The fraction of sp³-hybridized carbons (Fsp3) is 0.692. The van der Waals surface area contributed by atoms with Crippen LogP contribution in [0.2, 0.25) is 25.7 Å². The molecule has 9 heteroatoms. The molecule has 3 rings (SSSR count). The van der Waals surface area contributed by atoms with Crippen molar-refractivity contribution in [2.24, 2.45) is 5.41 Å². The Hall–Kier alpha value is -1.58. The van der Waals surface area contributed by atoms with Crippen molar-refractivity contribution < 1.29 is 19.0 Å². The predicted molar refractivity (Wildman–Crippen MR) is 147 cm³/mol. The van der Waals surface area contributed by atoms with Gasteiger partial charge in [-0.3, -0.25) is 0 Å². The average Bonchev–Trinajstić information content (AvgIpc) is 3.04. The quantitative estimate of drug-likeness (QED) is 0.258. The van der Waals surface area contributed by atoms with Crippen molar-refractivity contribution in [3.05, 3.63) is 22.4 Å². The lowest BCUT2D eigenvalue weighted by Gasteiger charge is -2.39. The van der Waals surface area contributed by atoms with Crippen LogP contribution in [-0.4, -0.2) is 60.5 Å². The number of pyridine rings is 1. The third-order valence-electron chi connectivity index (χ3n) is 6.38. The molecular formula is C26H42BrN3O4Si. The second-order valence-corrected chi connectivity index (χ2v) is 18.8. The predicted octanol–water partition coefficient (Wildman–Crippen LogP) is 6.84. The average molecular weight is 569 g/mol. The second kappa shape index (κ2) is 10.8. The van der Waals surface area contributed by atoms with Gasteiger partial charge in [0.05, 0.1) is 12.0 Å². The molecule has 2 aromatic heterocycles. The zero-order valence-corrected chi connectivity index (χ0v) is 25.3. The van der Waals surface area contributed by atoms with Crippen LogP contribution in [0.4, 0.5) is 4.79 Å². The molecule has 0 N–H and O–H groups in total. The van der Waals surface area contributed by atoms with Gasteiger partial charge < -0.3 is 23.7 Å². The molecule has 0 radical (unpaired) electrons. The van der Waals surface area contributed by atoms with E-state index in [1.807, 2.05) is 49.6 Å². The second-order valence-electron chi connectivity index (χ2n) is 12.3. The van der Waals surface area contributed by atoms with E-state index < -0.39 is 13.7 Å². The molecule has 2 aromatic rings.